The van der Waals surface area contributed by atoms with Crippen molar-refractivity contribution in [3.05, 3.63) is 28.0 Å². The summed E-state index contributed by atoms with van der Waals surface area (Å²) in [5, 5.41) is 0.651. The van der Waals surface area contributed by atoms with Crippen LogP contribution in [-0.4, -0.2) is 28.9 Å². The van der Waals surface area contributed by atoms with E-state index in [0.717, 1.165) is 25.9 Å². The average molecular weight is 245 g/mol. The molecule has 1 aromatic rings. The van der Waals surface area contributed by atoms with Crippen LogP contribution in [0, 0.1) is 0 Å². The Labute approximate surface area is 98.0 Å². The van der Waals surface area contributed by atoms with Crippen molar-refractivity contribution in [2.24, 2.45) is 0 Å². The van der Waals surface area contributed by atoms with Crippen LogP contribution in [0.1, 0.15) is 23.2 Å². The number of pyridine rings is 1. The topological polar surface area (TPSA) is 33.2 Å². The van der Waals surface area contributed by atoms with Gasteiger partial charge in [0.2, 0.25) is 0 Å². The maximum Gasteiger partial charge on any atom is 0.257 e. The molecule has 0 spiro atoms. The number of carbonyl (C=O) groups is 1. The van der Waals surface area contributed by atoms with Crippen LogP contribution < -0.4 is 0 Å². The molecule has 0 saturated carbocycles. The summed E-state index contributed by atoms with van der Waals surface area (Å²) in [6, 6.07) is 1.57. The minimum absolute atomic E-state index is 0.0764. The summed E-state index contributed by atoms with van der Waals surface area (Å²) >= 11 is 11.6. The van der Waals surface area contributed by atoms with Crippen molar-refractivity contribution < 1.29 is 4.79 Å². The van der Waals surface area contributed by atoms with E-state index >= 15 is 0 Å². The highest BCUT2D eigenvalue weighted by Crippen LogP contribution is 2.21. The summed E-state index contributed by atoms with van der Waals surface area (Å²) in [5.41, 5.74) is 0.395. The molecule has 2 heterocycles. The number of halogens is 2. The molecule has 0 atom stereocenters. The van der Waals surface area contributed by atoms with Gasteiger partial charge in [0.25, 0.3) is 5.91 Å². The third kappa shape index (κ3) is 2.24. The Morgan fingerprint density at radius 3 is 2.67 bits per heavy atom. The van der Waals surface area contributed by atoms with E-state index < -0.39 is 0 Å². The molecule has 0 N–H and O–H groups in total. The molecule has 0 bridgehead atoms. The summed E-state index contributed by atoms with van der Waals surface area (Å²) in [6.07, 6.45) is 3.54. The Morgan fingerprint density at radius 1 is 1.33 bits per heavy atom. The Kier molecular flexibility index (Phi) is 3.12. The van der Waals surface area contributed by atoms with Gasteiger partial charge < -0.3 is 4.90 Å². The van der Waals surface area contributed by atoms with E-state index in [1.807, 2.05) is 0 Å². The van der Waals surface area contributed by atoms with Crippen molar-refractivity contribution in [2.45, 2.75) is 12.8 Å². The van der Waals surface area contributed by atoms with Gasteiger partial charge in [-0.05, 0) is 18.9 Å². The SMILES string of the molecule is O=C(c1cc(Cl)cnc1Cl)N1CCCC1. The van der Waals surface area contributed by atoms with Gasteiger partial charge in [-0.3, -0.25) is 4.79 Å². The zero-order valence-electron chi connectivity index (χ0n) is 8.04. The first-order valence-corrected chi connectivity index (χ1v) is 5.54. The van der Waals surface area contributed by atoms with E-state index in [2.05, 4.69) is 4.98 Å². The maximum absolute atomic E-state index is 12.0. The lowest BCUT2D eigenvalue weighted by molar-refractivity contribution is 0.0792. The molecular formula is C10H10Cl2N2O. The Bertz CT molecular complexity index is 389. The molecule has 0 aromatic carbocycles. The van der Waals surface area contributed by atoms with Crippen molar-refractivity contribution in [3.8, 4) is 0 Å². The fraction of sp³-hybridized carbons (Fsp3) is 0.400. The van der Waals surface area contributed by atoms with Crippen LogP contribution in [0.5, 0.6) is 0 Å². The van der Waals surface area contributed by atoms with Gasteiger partial charge in [-0.1, -0.05) is 23.2 Å². The number of hydrogen-bond acceptors (Lipinski definition) is 2. The molecule has 1 aliphatic rings. The second kappa shape index (κ2) is 4.37. The first kappa shape index (κ1) is 10.7. The van der Waals surface area contributed by atoms with Gasteiger partial charge >= 0.3 is 0 Å². The predicted octanol–water partition coefficient (Wildman–Crippen LogP) is 2.62. The van der Waals surface area contributed by atoms with Gasteiger partial charge in [0, 0.05) is 19.3 Å². The van der Waals surface area contributed by atoms with Gasteiger partial charge in [0.1, 0.15) is 5.15 Å². The quantitative estimate of drug-likeness (QED) is 0.712. The second-order valence-corrected chi connectivity index (χ2v) is 4.29. The van der Waals surface area contributed by atoms with Crippen LogP contribution in [0.2, 0.25) is 10.2 Å². The lowest BCUT2D eigenvalue weighted by atomic mass is 10.2. The molecule has 1 amide bonds. The summed E-state index contributed by atoms with van der Waals surface area (Å²) < 4.78 is 0. The molecule has 0 radical (unpaired) electrons. The molecule has 80 valence electrons. The molecule has 3 nitrogen and oxygen atoms in total. The molecule has 1 aliphatic heterocycles. The summed E-state index contributed by atoms with van der Waals surface area (Å²) in [6.45, 7) is 1.59. The van der Waals surface area contributed by atoms with Crippen molar-refractivity contribution in [1.29, 1.82) is 0 Å². The van der Waals surface area contributed by atoms with Crippen LogP contribution >= 0.6 is 23.2 Å². The van der Waals surface area contributed by atoms with Crippen LogP contribution in [0.25, 0.3) is 0 Å². The van der Waals surface area contributed by atoms with Crippen LogP contribution in [0.3, 0.4) is 0 Å². The number of amides is 1. The molecule has 1 aromatic heterocycles. The average Bonchev–Trinajstić information content (AvgIpc) is 2.74. The number of hydrogen-bond donors (Lipinski definition) is 0. The molecular weight excluding hydrogens is 235 g/mol. The monoisotopic (exact) mass is 244 g/mol. The van der Waals surface area contributed by atoms with Gasteiger partial charge in [0.15, 0.2) is 0 Å². The van der Waals surface area contributed by atoms with E-state index in [0.29, 0.717) is 10.6 Å². The van der Waals surface area contributed by atoms with Crippen molar-refractivity contribution >= 4 is 29.1 Å². The molecule has 15 heavy (non-hydrogen) atoms. The van der Waals surface area contributed by atoms with Gasteiger partial charge in [-0.25, -0.2) is 4.98 Å². The van der Waals surface area contributed by atoms with E-state index in [1.54, 1.807) is 11.0 Å². The normalized spacial score (nSPS) is 15.7. The molecule has 0 aliphatic carbocycles. The number of nitrogens with zero attached hydrogens (tertiary/aromatic N) is 2. The first-order valence-electron chi connectivity index (χ1n) is 4.79. The minimum Gasteiger partial charge on any atom is -0.339 e. The first-order chi connectivity index (χ1) is 7.18. The lowest BCUT2D eigenvalue weighted by Crippen LogP contribution is -2.28. The van der Waals surface area contributed by atoms with Crippen molar-refractivity contribution in [3.63, 3.8) is 0 Å². The van der Waals surface area contributed by atoms with Crippen molar-refractivity contribution in [1.82, 2.24) is 9.88 Å². The second-order valence-electron chi connectivity index (χ2n) is 3.49. The number of rotatable bonds is 1. The smallest absolute Gasteiger partial charge is 0.257 e. The highest BCUT2D eigenvalue weighted by atomic mass is 35.5. The van der Waals surface area contributed by atoms with Gasteiger partial charge in [-0.2, -0.15) is 0 Å². The summed E-state index contributed by atoms with van der Waals surface area (Å²) in [5.74, 6) is -0.0764. The summed E-state index contributed by atoms with van der Waals surface area (Å²) in [7, 11) is 0. The van der Waals surface area contributed by atoms with Crippen LogP contribution in [-0.2, 0) is 0 Å². The largest absolute Gasteiger partial charge is 0.339 e. The zero-order valence-corrected chi connectivity index (χ0v) is 9.55. The molecule has 2 rings (SSSR count). The van der Waals surface area contributed by atoms with Crippen LogP contribution in [0.4, 0.5) is 0 Å². The third-order valence-electron chi connectivity index (χ3n) is 2.43. The Balaban J connectivity index is 2.27. The maximum atomic E-state index is 12.0. The number of carbonyl (C=O) groups excluding carboxylic acids is 1. The highest BCUT2D eigenvalue weighted by molar-refractivity contribution is 6.34. The fourth-order valence-electron chi connectivity index (χ4n) is 1.66. The van der Waals surface area contributed by atoms with E-state index in [-0.39, 0.29) is 11.1 Å². The van der Waals surface area contributed by atoms with E-state index in [9.17, 15) is 4.79 Å². The minimum atomic E-state index is -0.0764. The lowest BCUT2D eigenvalue weighted by Gasteiger charge is -2.15. The standard InChI is InChI=1S/C10H10Cl2N2O/c11-7-5-8(9(12)13-6-7)10(15)14-3-1-2-4-14/h5-6H,1-4H2. The van der Waals surface area contributed by atoms with Gasteiger partial charge in [0.05, 0.1) is 10.6 Å². The van der Waals surface area contributed by atoms with E-state index in [4.69, 9.17) is 23.2 Å². The molecule has 1 fully saturated rings. The molecule has 1 saturated heterocycles. The van der Waals surface area contributed by atoms with E-state index in [1.165, 1.54) is 6.20 Å². The zero-order chi connectivity index (χ0) is 10.8. The van der Waals surface area contributed by atoms with Crippen molar-refractivity contribution in [2.75, 3.05) is 13.1 Å². The molecule has 5 heteroatoms. The fourth-order valence-corrected chi connectivity index (χ4v) is 2.01. The Morgan fingerprint density at radius 2 is 2.00 bits per heavy atom. The Hall–Kier alpha value is -0.800. The summed E-state index contributed by atoms with van der Waals surface area (Å²) in [4.78, 5) is 17.6. The number of likely N-dealkylation sites (tertiary alicyclic amines) is 1. The number of aromatic nitrogens is 1. The van der Waals surface area contributed by atoms with Gasteiger partial charge in [-0.15, -0.1) is 0 Å². The predicted molar refractivity (Wildman–Crippen MR) is 59.4 cm³/mol. The highest BCUT2D eigenvalue weighted by Gasteiger charge is 2.22. The molecule has 0 unspecified atom stereocenters. The third-order valence-corrected chi connectivity index (χ3v) is 2.94. The van der Waals surface area contributed by atoms with Crippen LogP contribution in [0.15, 0.2) is 12.3 Å².